The Balaban J connectivity index is 3.80. The Labute approximate surface area is 62.0 Å². The summed E-state index contributed by atoms with van der Waals surface area (Å²) in [5, 5.41) is 0. The van der Waals surface area contributed by atoms with Gasteiger partial charge in [-0.25, -0.2) is 0 Å². The van der Waals surface area contributed by atoms with Gasteiger partial charge in [0, 0.05) is 13.8 Å². The molecule has 0 amide bonds. The van der Waals surface area contributed by atoms with E-state index in [9.17, 15) is 17.7 Å². The van der Waals surface area contributed by atoms with Crippen molar-refractivity contribution in [3.63, 3.8) is 0 Å². The Morgan fingerprint density at radius 2 is 1.91 bits per heavy atom. The van der Waals surface area contributed by atoms with E-state index in [4.69, 9.17) is 0 Å². The molecule has 0 fully saturated rings. The molecule has 0 bridgehead atoms. The number of hydrogen-bond donors (Lipinski definition) is 0. The highest BCUT2D eigenvalue weighted by molar-refractivity contribution is 7.52. The summed E-state index contributed by atoms with van der Waals surface area (Å²) in [6, 6.07) is 0. The first-order valence-electron chi connectivity index (χ1n) is 2.61. The van der Waals surface area contributed by atoms with Crippen molar-refractivity contribution < 1.29 is 26.8 Å². The molecule has 0 rings (SSSR count). The molecule has 0 saturated carbocycles. The molecule has 0 aliphatic rings. The van der Waals surface area contributed by atoms with Gasteiger partial charge in [-0.15, -0.1) is 0 Å². The number of halogens is 3. The minimum atomic E-state index is -4.47. The Morgan fingerprint density at radius 3 is 2.18 bits per heavy atom. The smallest absolute Gasteiger partial charge is 0.312 e. The molecule has 0 spiro atoms. The fourth-order valence-electron chi connectivity index (χ4n) is 0.243. The molecule has 11 heavy (non-hydrogen) atoms. The third-order valence-corrected chi connectivity index (χ3v) is 2.06. The van der Waals surface area contributed by atoms with Crippen molar-refractivity contribution >= 4 is 7.60 Å². The van der Waals surface area contributed by atoms with Gasteiger partial charge >= 0.3 is 13.8 Å². The highest BCUT2D eigenvalue weighted by atomic mass is 31.2. The van der Waals surface area contributed by atoms with Gasteiger partial charge in [0.1, 0.15) is 0 Å². The average molecular weight is 192 g/mol. The fraction of sp³-hybridized carbons (Fsp3) is 1.00. The van der Waals surface area contributed by atoms with E-state index in [1.54, 1.807) is 0 Å². The van der Waals surface area contributed by atoms with Crippen molar-refractivity contribution in [1.82, 2.24) is 0 Å². The van der Waals surface area contributed by atoms with Gasteiger partial charge < -0.3 is 4.52 Å². The van der Waals surface area contributed by atoms with Crippen LogP contribution in [0.5, 0.6) is 0 Å². The topological polar surface area (TPSA) is 35.5 Å². The first-order chi connectivity index (χ1) is 4.77. The summed E-state index contributed by atoms with van der Waals surface area (Å²) in [6.45, 7) is -0.576. The Bertz CT molecular complexity index is 166. The molecule has 0 aromatic heterocycles. The van der Waals surface area contributed by atoms with Gasteiger partial charge in [-0.05, 0) is 0 Å². The highest BCUT2D eigenvalue weighted by Crippen LogP contribution is 2.43. The van der Waals surface area contributed by atoms with Crippen LogP contribution in [0.25, 0.3) is 0 Å². The normalized spacial score (nSPS) is 17.9. The second-order valence-electron chi connectivity index (χ2n) is 1.84. The number of alkyl halides is 3. The van der Waals surface area contributed by atoms with Crippen molar-refractivity contribution in [2.45, 2.75) is 6.18 Å². The van der Waals surface area contributed by atoms with Crippen LogP contribution in [-0.2, 0) is 13.6 Å². The van der Waals surface area contributed by atoms with Crippen LogP contribution < -0.4 is 0 Å². The van der Waals surface area contributed by atoms with Gasteiger partial charge in [0.05, 0.1) is 0 Å². The lowest BCUT2D eigenvalue weighted by Gasteiger charge is -2.12. The van der Waals surface area contributed by atoms with Gasteiger partial charge in [-0.2, -0.15) is 13.2 Å². The van der Waals surface area contributed by atoms with Crippen LogP contribution in [-0.4, -0.2) is 26.6 Å². The minimum absolute atomic E-state index is 0.971. The predicted octanol–water partition coefficient (Wildman–Crippen LogP) is 2.03. The van der Waals surface area contributed by atoms with Crippen molar-refractivity contribution in [1.29, 1.82) is 0 Å². The maximum Gasteiger partial charge on any atom is 0.412 e. The zero-order valence-electron chi connectivity index (χ0n) is 6.01. The SMILES string of the molecule is COP(C)(=O)OCC(F)(F)F. The van der Waals surface area contributed by atoms with Crippen LogP contribution >= 0.6 is 7.60 Å². The molecule has 0 aliphatic heterocycles. The molecule has 0 aliphatic carbocycles. The van der Waals surface area contributed by atoms with E-state index in [2.05, 4.69) is 9.05 Å². The quantitative estimate of drug-likeness (QED) is 0.641. The summed E-state index contributed by atoms with van der Waals surface area (Å²) in [7, 11) is -2.46. The second kappa shape index (κ2) is 3.56. The van der Waals surface area contributed by atoms with E-state index >= 15 is 0 Å². The van der Waals surface area contributed by atoms with Crippen LogP contribution in [0.3, 0.4) is 0 Å². The average Bonchev–Trinajstić information content (AvgIpc) is 1.83. The maximum atomic E-state index is 11.4. The zero-order valence-corrected chi connectivity index (χ0v) is 6.91. The van der Waals surface area contributed by atoms with Gasteiger partial charge in [-0.1, -0.05) is 0 Å². The molecule has 7 heteroatoms. The van der Waals surface area contributed by atoms with Crippen molar-refractivity contribution in [2.24, 2.45) is 0 Å². The summed E-state index contributed by atoms with van der Waals surface area (Å²) in [6.07, 6.45) is -4.47. The second-order valence-corrected chi connectivity index (χ2v) is 4.01. The lowest BCUT2D eigenvalue weighted by Crippen LogP contribution is -2.15. The van der Waals surface area contributed by atoms with E-state index in [1.165, 1.54) is 0 Å². The predicted molar refractivity (Wildman–Crippen MR) is 32.5 cm³/mol. The van der Waals surface area contributed by atoms with E-state index < -0.39 is 20.4 Å². The fourth-order valence-corrected chi connectivity index (χ4v) is 0.729. The molecule has 0 saturated heterocycles. The van der Waals surface area contributed by atoms with Crippen LogP contribution in [0.2, 0.25) is 0 Å². The lowest BCUT2D eigenvalue weighted by atomic mass is 10.7. The molecule has 1 atom stereocenters. The molecule has 3 nitrogen and oxygen atoms in total. The Hall–Kier alpha value is -0.0600. The van der Waals surface area contributed by atoms with E-state index in [0.717, 1.165) is 13.8 Å². The summed E-state index contributed by atoms with van der Waals surface area (Å²) in [5.41, 5.74) is 0. The van der Waals surface area contributed by atoms with E-state index in [-0.39, 0.29) is 0 Å². The van der Waals surface area contributed by atoms with E-state index in [1.807, 2.05) is 0 Å². The first-order valence-corrected chi connectivity index (χ1v) is 4.60. The van der Waals surface area contributed by atoms with E-state index in [0.29, 0.717) is 0 Å². The van der Waals surface area contributed by atoms with Gasteiger partial charge in [0.15, 0.2) is 6.61 Å². The van der Waals surface area contributed by atoms with Crippen molar-refractivity contribution in [3.8, 4) is 0 Å². The molecule has 0 heterocycles. The lowest BCUT2D eigenvalue weighted by molar-refractivity contribution is -0.154. The highest BCUT2D eigenvalue weighted by Gasteiger charge is 2.31. The largest absolute Gasteiger partial charge is 0.412 e. The zero-order chi connectivity index (χ0) is 9.12. The molecular formula is C4H8F3O3P. The number of rotatable bonds is 3. The summed E-state index contributed by atoms with van der Waals surface area (Å²) in [4.78, 5) is 0. The standard InChI is InChI=1S/C4H8F3O3P/c1-9-11(2,8)10-3-4(5,6)7/h3H2,1-2H3. The van der Waals surface area contributed by atoms with Gasteiger partial charge in [0.25, 0.3) is 0 Å². The van der Waals surface area contributed by atoms with Crippen molar-refractivity contribution in [2.75, 3.05) is 20.4 Å². The third-order valence-electron chi connectivity index (χ3n) is 0.794. The van der Waals surface area contributed by atoms with Crippen LogP contribution in [0.4, 0.5) is 13.2 Å². The summed E-state index contributed by atoms with van der Waals surface area (Å²) in [5.74, 6) is 0. The van der Waals surface area contributed by atoms with Gasteiger partial charge in [0.2, 0.25) is 0 Å². The molecule has 0 aromatic rings. The van der Waals surface area contributed by atoms with Gasteiger partial charge in [-0.3, -0.25) is 9.09 Å². The van der Waals surface area contributed by atoms with Crippen molar-refractivity contribution in [3.05, 3.63) is 0 Å². The Kier molecular flexibility index (Phi) is 3.54. The molecule has 1 unspecified atom stereocenters. The molecule has 0 N–H and O–H groups in total. The van der Waals surface area contributed by atoms with Crippen LogP contribution in [0.15, 0.2) is 0 Å². The molecule has 0 aromatic carbocycles. The first kappa shape index (κ1) is 10.9. The van der Waals surface area contributed by atoms with Crippen LogP contribution in [0, 0.1) is 0 Å². The monoisotopic (exact) mass is 192 g/mol. The Morgan fingerprint density at radius 1 is 1.45 bits per heavy atom. The number of hydrogen-bond acceptors (Lipinski definition) is 3. The molecule has 0 radical (unpaired) electrons. The minimum Gasteiger partial charge on any atom is -0.312 e. The summed E-state index contributed by atoms with van der Waals surface area (Å²) < 4.78 is 53.1. The summed E-state index contributed by atoms with van der Waals surface area (Å²) >= 11 is 0. The molecule has 68 valence electrons. The molecular weight excluding hydrogens is 184 g/mol. The maximum absolute atomic E-state index is 11.4. The van der Waals surface area contributed by atoms with Crippen LogP contribution in [0.1, 0.15) is 0 Å². The third kappa shape index (κ3) is 6.34.